The van der Waals surface area contributed by atoms with Gasteiger partial charge in [-0.1, -0.05) is 23.7 Å². The number of nitriles is 1. The lowest BCUT2D eigenvalue weighted by atomic mass is 9.82. The van der Waals surface area contributed by atoms with Gasteiger partial charge in [-0.15, -0.1) is 0 Å². The van der Waals surface area contributed by atoms with Gasteiger partial charge >= 0.3 is 5.97 Å². The predicted octanol–water partition coefficient (Wildman–Crippen LogP) is 4.57. The minimum Gasteiger partial charge on any atom is -0.496 e. The van der Waals surface area contributed by atoms with E-state index in [1.807, 2.05) is 6.07 Å². The van der Waals surface area contributed by atoms with Crippen LogP contribution in [0.25, 0.3) is 0 Å². The van der Waals surface area contributed by atoms with Gasteiger partial charge < -0.3 is 24.7 Å². The summed E-state index contributed by atoms with van der Waals surface area (Å²) >= 11 is 6.03. The van der Waals surface area contributed by atoms with E-state index in [1.165, 1.54) is 0 Å². The Balaban J connectivity index is 2.03. The van der Waals surface area contributed by atoms with Crippen LogP contribution < -0.4 is 15.2 Å². The Morgan fingerprint density at radius 1 is 1.28 bits per heavy atom. The highest BCUT2D eigenvalue weighted by molar-refractivity contribution is 6.30. The summed E-state index contributed by atoms with van der Waals surface area (Å²) in [5.74, 6) is 0.122. The van der Waals surface area contributed by atoms with Crippen molar-refractivity contribution in [2.45, 2.75) is 26.4 Å². The van der Waals surface area contributed by atoms with Gasteiger partial charge in [-0.05, 0) is 49.7 Å². The summed E-state index contributed by atoms with van der Waals surface area (Å²) in [7, 11) is 1.55. The Labute approximate surface area is 191 Å². The molecule has 1 unspecified atom stereocenters. The number of hydrogen-bond acceptors (Lipinski definition) is 7. The number of allylic oxidation sites excluding steroid dienone is 2. The molecule has 0 fully saturated rings. The average Bonchev–Trinajstić information content (AvgIpc) is 2.77. The summed E-state index contributed by atoms with van der Waals surface area (Å²) in [6.07, 6.45) is 0. The van der Waals surface area contributed by atoms with E-state index in [0.717, 1.165) is 0 Å². The molecule has 0 amide bonds. The van der Waals surface area contributed by atoms with Gasteiger partial charge in [0, 0.05) is 10.6 Å². The molecule has 32 heavy (non-hydrogen) atoms. The van der Waals surface area contributed by atoms with Crippen molar-refractivity contribution >= 4 is 17.6 Å². The lowest BCUT2D eigenvalue weighted by Gasteiger charge is -2.27. The summed E-state index contributed by atoms with van der Waals surface area (Å²) < 4.78 is 22.0. The molecule has 0 aromatic heterocycles. The molecule has 0 saturated heterocycles. The summed E-state index contributed by atoms with van der Waals surface area (Å²) in [5.41, 5.74) is 7.70. The smallest absolute Gasteiger partial charge is 0.338 e. The van der Waals surface area contributed by atoms with Crippen molar-refractivity contribution in [1.82, 2.24) is 0 Å². The third-order valence-corrected chi connectivity index (χ3v) is 5.16. The zero-order valence-corrected chi connectivity index (χ0v) is 18.7. The van der Waals surface area contributed by atoms with Crippen LogP contribution in [0.4, 0.5) is 0 Å². The van der Waals surface area contributed by atoms with Crippen LogP contribution in [-0.2, 0) is 20.9 Å². The summed E-state index contributed by atoms with van der Waals surface area (Å²) in [6, 6.07) is 14.5. The first kappa shape index (κ1) is 23.0. The maximum absolute atomic E-state index is 12.7. The number of benzene rings is 2. The van der Waals surface area contributed by atoms with E-state index in [2.05, 4.69) is 6.07 Å². The van der Waals surface area contributed by atoms with Gasteiger partial charge in [0.1, 0.15) is 35.5 Å². The number of ether oxygens (including phenoxy) is 4. The quantitative estimate of drug-likeness (QED) is 0.611. The molecule has 1 heterocycles. The second kappa shape index (κ2) is 10.1. The van der Waals surface area contributed by atoms with Gasteiger partial charge in [0.25, 0.3) is 0 Å². The van der Waals surface area contributed by atoms with E-state index in [9.17, 15) is 10.1 Å². The Morgan fingerprint density at radius 3 is 2.72 bits per heavy atom. The molecule has 0 radical (unpaired) electrons. The van der Waals surface area contributed by atoms with E-state index in [1.54, 1.807) is 57.4 Å². The number of rotatable bonds is 7. The van der Waals surface area contributed by atoms with Crippen molar-refractivity contribution < 1.29 is 23.7 Å². The molecule has 3 rings (SSSR count). The predicted molar refractivity (Wildman–Crippen MR) is 119 cm³/mol. The summed E-state index contributed by atoms with van der Waals surface area (Å²) in [5, 5.41) is 10.3. The van der Waals surface area contributed by atoms with E-state index in [-0.39, 0.29) is 36.0 Å². The monoisotopic (exact) mass is 454 g/mol. The van der Waals surface area contributed by atoms with Crippen LogP contribution in [0.1, 0.15) is 30.9 Å². The van der Waals surface area contributed by atoms with Crippen LogP contribution in [0.15, 0.2) is 65.3 Å². The Bertz CT molecular complexity index is 1130. The number of hydrogen-bond donors (Lipinski definition) is 1. The van der Waals surface area contributed by atoms with Crippen molar-refractivity contribution in [2.24, 2.45) is 5.73 Å². The lowest BCUT2D eigenvalue weighted by molar-refractivity contribution is -0.139. The van der Waals surface area contributed by atoms with E-state index in [4.69, 9.17) is 36.3 Å². The fourth-order valence-electron chi connectivity index (χ4n) is 3.50. The molecule has 2 aromatic rings. The van der Waals surface area contributed by atoms with Gasteiger partial charge in [-0.2, -0.15) is 5.26 Å². The number of nitrogens with two attached hydrogens (primary N) is 1. The molecule has 8 heteroatoms. The first-order valence-corrected chi connectivity index (χ1v) is 10.3. The van der Waals surface area contributed by atoms with Gasteiger partial charge in [0.05, 0.1) is 25.2 Å². The topological polar surface area (TPSA) is 104 Å². The van der Waals surface area contributed by atoms with Crippen molar-refractivity contribution in [3.05, 3.63) is 81.4 Å². The molecule has 2 N–H and O–H groups in total. The van der Waals surface area contributed by atoms with E-state index in [0.29, 0.717) is 27.6 Å². The largest absolute Gasteiger partial charge is 0.496 e. The minimum atomic E-state index is -0.747. The molecule has 1 aliphatic heterocycles. The average molecular weight is 455 g/mol. The first-order chi connectivity index (χ1) is 15.4. The van der Waals surface area contributed by atoms with Crippen molar-refractivity contribution in [3.63, 3.8) is 0 Å². The molecule has 1 atom stereocenters. The number of esters is 1. The molecular weight excluding hydrogens is 432 g/mol. The van der Waals surface area contributed by atoms with Crippen molar-refractivity contribution in [2.75, 3.05) is 13.7 Å². The fraction of sp³-hybridized carbons (Fsp3) is 0.250. The zero-order chi connectivity index (χ0) is 23.3. The molecule has 1 aliphatic rings. The number of carbonyl (C=O) groups excluding carboxylic acids is 1. The maximum Gasteiger partial charge on any atom is 0.338 e. The van der Waals surface area contributed by atoms with E-state index < -0.39 is 11.9 Å². The Morgan fingerprint density at radius 2 is 2.06 bits per heavy atom. The highest BCUT2D eigenvalue weighted by Gasteiger charge is 2.36. The molecular formula is C24H23ClN2O5. The summed E-state index contributed by atoms with van der Waals surface area (Å²) in [4.78, 5) is 12.7. The van der Waals surface area contributed by atoms with Crippen molar-refractivity contribution in [3.8, 4) is 17.6 Å². The molecule has 7 nitrogen and oxygen atoms in total. The minimum absolute atomic E-state index is 0.0457. The van der Waals surface area contributed by atoms with E-state index >= 15 is 0 Å². The van der Waals surface area contributed by atoms with Crippen molar-refractivity contribution in [1.29, 1.82) is 5.26 Å². The third-order valence-electron chi connectivity index (χ3n) is 4.93. The second-order valence-corrected chi connectivity index (χ2v) is 7.37. The first-order valence-electron chi connectivity index (χ1n) is 9.90. The van der Waals surface area contributed by atoms with Crippen LogP contribution in [0, 0.1) is 11.3 Å². The number of carbonyl (C=O) groups is 1. The standard InChI is InChI=1S/C24H23ClN2O5/c1-4-30-24(28)21-14(2)32-23(27)19(12-26)22(21)15-8-9-20(29-3)16(10-15)13-31-18-7-5-6-17(25)11-18/h5-11,22H,4,13,27H2,1-3H3. The van der Waals surface area contributed by atoms with Crippen LogP contribution in [0.5, 0.6) is 11.5 Å². The Kier molecular flexibility index (Phi) is 7.29. The SMILES string of the molecule is CCOC(=O)C1=C(C)OC(N)=C(C#N)C1c1ccc(OC)c(COc2cccc(Cl)c2)c1. The molecule has 0 saturated carbocycles. The molecule has 0 bridgehead atoms. The normalized spacial score (nSPS) is 15.7. The second-order valence-electron chi connectivity index (χ2n) is 6.93. The third kappa shape index (κ3) is 4.82. The summed E-state index contributed by atoms with van der Waals surface area (Å²) in [6.45, 7) is 3.69. The van der Waals surface area contributed by atoms with Crippen LogP contribution in [-0.4, -0.2) is 19.7 Å². The van der Waals surface area contributed by atoms with Gasteiger partial charge in [0.2, 0.25) is 5.88 Å². The maximum atomic E-state index is 12.7. The van der Waals surface area contributed by atoms with Gasteiger partial charge in [0.15, 0.2) is 0 Å². The van der Waals surface area contributed by atoms with Gasteiger partial charge in [-0.3, -0.25) is 0 Å². The highest BCUT2D eigenvalue weighted by atomic mass is 35.5. The highest BCUT2D eigenvalue weighted by Crippen LogP contribution is 2.40. The molecule has 2 aromatic carbocycles. The molecule has 0 spiro atoms. The Hall–Kier alpha value is -3.63. The number of methoxy groups -OCH3 is 1. The van der Waals surface area contributed by atoms with Crippen LogP contribution >= 0.6 is 11.6 Å². The number of halogens is 1. The fourth-order valence-corrected chi connectivity index (χ4v) is 3.68. The molecule has 166 valence electrons. The van der Waals surface area contributed by atoms with Crippen LogP contribution in [0.3, 0.4) is 0 Å². The number of nitrogens with zero attached hydrogens (tertiary/aromatic N) is 1. The zero-order valence-electron chi connectivity index (χ0n) is 18.0. The van der Waals surface area contributed by atoms with Crippen LogP contribution in [0.2, 0.25) is 5.02 Å². The lowest BCUT2D eigenvalue weighted by Crippen LogP contribution is -2.25. The van der Waals surface area contributed by atoms with Gasteiger partial charge in [-0.25, -0.2) is 4.79 Å². The molecule has 0 aliphatic carbocycles.